The van der Waals surface area contributed by atoms with E-state index in [4.69, 9.17) is 58.0 Å². The maximum Gasteiger partial charge on any atom is 0.389 e. The molecular weight excluding hydrogens is 603 g/mol. The van der Waals surface area contributed by atoms with Crippen molar-refractivity contribution in [3.8, 4) is 0 Å². The minimum absolute atomic E-state index is 0.0959. The Labute approximate surface area is 235 Å². The lowest BCUT2D eigenvalue weighted by atomic mass is 10.1. The Morgan fingerprint density at radius 3 is 2.33 bits per heavy atom. The molecule has 1 aliphatic rings. The van der Waals surface area contributed by atoms with Gasteiger partial charge in [-0.25, -0.2) is 0 Å². The van der Waals surface area contributed by atoms with E-state index in [-0.39, 0.29) is 16.3 Å². The smallest absolute Gasteiger partial charge is 0.349 e. The van der Waals surface area contributed by atoms with E-state index in [1.807, 2.05) is 0 Å². The number of carbonyl (C=O) groups excluding carboxylic acids is 2. The van der Waals surface area contributed by atoms with Crippen LogP contribution < -0.4 is 10.6 Å². The molecule has 2 aromatic rings. The first kappa shape index (κ1) is 29.5. The van der Waals surface area contributed by atoms with Gasteiger partial charge in [0.05, 0.1) is 22.9 Å². The molecule has 0 aliphatic heterocycles. The van der Waals surface area contributed by atoms with Crippen LogP contribution in [0, 0.1) is 5.92 Å². The quantitative estimate of drug-likeness (QED) is 0.220. The van der Waals surface area contributed by atoms with Crippen molar-refractivity contribution < 1.29 is 22.8 Å². The van der Waals surface area contributed by atoms with Gasteiger partial charge in [0.2, 0.25) is 5.91 Å². The van der Waals surface area contributed by atoms with Gasteiger partial charge in [0.25, 0.3) is 5.91 Å². The zero-order chi connectivity index (χ0) is 26.8. The Bertz CT molecular complexity index is 1130. The molecule has 0 spiro atoms. The van der Waals surface area contributed by atoms with Crippen LogP contribution in [0.15, 0.2) is 36.4 Å². The first-order valence-corrected chi connectivity index (χ1v) is 13.6. The highest BCUT2D eigenvalue weighted by molar-refractivity contribution is 7.99. The van der Waals surface area contributed by atoms with Crippen molar-refractivity contribution in [3.05, 3.63) is 62.6 Å². The van der Waals surface area contributed by atoms with Crippen molar-refractivity contribution in [2.75, 3.05) is 16.8 Å². The van der Waals surface area contributed by atoms with E-state index in [1.165, 1.54) is 18.2 Å². The van der Waals surface area contributed by atoms with Gasteiger partial charge in [-0.3, -0.25) is 9.59 Å². The lowest BCUT2D eigenvalue weighted by molar-refractivity contribution is -0.129. The minimum Gasteiger partial charge on any atom is -0.349 e. The molecule has 1 fully saturated rings. The number of rotatable bonds is 9. The topological polar surface area (TPSA) is 58.2 Å². The lowest BCUT2D eigenvalue weighted by Gasteiger charge is -2.15. The van der Waals surface area contributed by atoms with Crippen LogP contribution in [0.2, 0.25) is 15.1 Å². The van der Waals surface area contributed by atoms with Crippen LogP contribution in [0.3, 0.4) is 0 Å². The SMILES string of the molecule is C[C@H](CSCCC(F)(F)F)NC(=O)c1cc(NC(=O)[C@H]2[C@H](c3cc(Cl)cc(Cl)c3)C2(Cl)Cl)ccc1Cl. The summed E-state index contributed by atoms with van der Waals surface area (Å²) in [5.41, 5.74) is 1.01. The highest BCUT2D eigenvalue weighted by Crippen LogP contribution is 2.65. The number of halogens is 8. The second kappa shape index (κ2) is 11.8. The highest BCUT2D eigenvalue weighted by Gasteiger charge is 2.67. The van der Waals surface area contributed by atoms with Crippen LogP contribution in [0.25, 0.3) is 0 Å². The molecule has 3 atom stereocenters. The van der Waals surface area contributed by atoms with E-state index in [0.29, 0.717) is 27.0 Å². The third kappa shape index (κ3) is 7.74. The van der Waals surface area contributed by atoms with Gasteiger partial charge in [-0.1, -0.05) is 34.8 Å². The van der Waals surface area contributed by atoms with Gasteiger partial charge < -0.3 is 10.6 Å². The second-order valence-corrected chi connectivity index (χ2v) is 12.2. The summed E-state index contributed by atoms with van der Waals surface area (Å²) in [6.45, 7) is 1.67. The fourth-order valence-electron chi connectivity index (χ4n) is 3.61. The Hall–Kier alpha value is -1.03. The number of hydrogen-bond acceptors (Lipinski definition) is 3. The van der Waals surface area contributed by atoms with Crippen LogP contribution >= 0.6 is 69.8 Å². The molecule has 1 saturated carbocycles. The molecular formula is C23H20Cl5F3N2O2S. The molecule has 13 heteroatoms. The highest BCUT2D eigenvalue weighted by atomic mass is 35.5. The van der Waals surface area contributed by atoms with E-state index < -0.39 is 46.6 Å². The van der Waals surface area contributed by atoms with Crippen molar-refractivity contribution in [3.63, 3.8) is 0 Å². The summed E-state index contributed by atoms with van der Waals surface area (Å²) in [6, 6.07) is 8.79. The molecule has 3 rings (SSSR count). The first-order chi connectivity index (χ1) is 16.7. The summed E-state index contributed by atoms with van der Waals surface area (Å²) in [4.78, 5) is 25.6. The fraction of sp³-hybridized carbons (Fsp3) is 0.391. The molecule has 0 bridgehead atoms. The zero-order valence-corrected chi connectivity index (χ0v) is 23.2. The predicted octanol–water partition coefficient (Wildman–Crippen LogP) is 7.98. The largest absolute Gasteiger partial charge is 0.389 e. The monoisotopic (exact) mass is 620 g/mol. The number of thioether (sulfide) groups is 1. The summed E-state index contributed by atoms with van der Waals surface area (Å²) in [5.74, 6) is -2.14. The Kier molecular flexibility index (Phi) is 9.67. The van der Waals surface area contributed by atoms with E-state index in [9.17, 15) is 22.8 Å². The number of nitrogens with one attached hydrogen (secondary N) is 2. The summed E-state index contributed by atoms with van der Waals surface area (Å²) in [5, 5.41) is 6.30. The van der Waals surface area contributed by atoms with Gasteiger partial charge in [-0.2, -0.15) is 24.9 Å². The number of carbonyl (C=O) groups is 2. The molecule has 4 nitrogen and oxygen atoms in total. The molecule has 196 valence electrons. The molecule has 36 heavy (non-hydrogen) atoms. The van der Waals surface area contributed by atoms with E-state index >= 15 is 0 Å². The Morgan fingerprint density at radius 1 is 1.08 bits per heavy atom. The molecule has 0 radical (unpaired) electrons. The molecule has 0 unspecified atom stereocenters. The van der Waals surface area contributed by atoms with Crippen LogP contribution in [0.4, 0.5) is 18.9 Å². The van der Waals surface area contributed by atoms with E-state index in [1.54, 1.807) is 25.1 Å². The lowest BCUT2D eigenvalue weighted by Crippen LogP contribution is -2.34. The van der Waals surface area contributed by atoms with Crippen molar-refractivity contribution in [1.29, 1.82) is 0 Å². The van der Waals surface area contributed by atoms with Crippen LogP contribution in [-0.4, -0.2) is 39.9 Å². The van der Waals surface area contributed by atoms with Gasteiger partial charge >= 0.3 is 6.18 Å². The maximum atomic E-state index is 12.9. The van der Waals surface area contributed by atoms with E-state index in [0.717, 1.165) is 11.8 Å². The zero-order valence-electron chi connectivity index (χ0n) is 18.6. The average Bonchev–Trinajstić information content (AvgIpc) is 3.33. The average molecular weight is 623 g/mol. The molecule has 0 aromatic heterocycles. The van der Waals surface area contributed by atoms with Crippen LogP contribution in [-0.2, 0) is 4.79 Å². The summed E-state index contributed by atoms with van der Waals surface area (Å²) >= 11 is 32.1. The summed E-state index contributed by atoms with van der Waals surface area (Å²) in [6.07, 6.45) is -5.11. The third-order valence-electron chi connectivity index (χ3n) is 5.33. The van der Waals surface area contributed by atoms with Crippen LogP contribution in [0.1, 0.15) is 35.2 Å². The molecule has 1 aliphatic carbocycles. The normalized spacial score (nSPS) is 19.5. The molecule has 2 aromatic carbocycles. The fourth-order valence-corrected chi connectivity index (χ4v) is 6.16. The van der Waals surface area contributed by atoms with Gasteiger partial charge in [0, 0.05) is 39.2 Å². The van der Waals surface area contributed by atoms with Gasteiger partial charge in [0.1, 0.15) is 4.33 Å². The first-order valence-electron chi connectivity index (χ1n) is 10.6. The number of anilines is 1. The minimum atomic E-state index is -4.22. The maximum absolute atomic E-state index is 12.9. The predicted molar refractivity (Wildman–Crippen MR) is 142 cm³/mol. The standard InChI is InChI=1S/C23H20Cl5F3N2O2S/c1-11(10-36-5-4-22(29,30)31)32-20(34)16-9-15(2-3-17(16)26)33-21(35)19-18(23(19,27)28)12-6-13(24)8-14(25)7-12/h2-3,6-9,11,18-19H,4-5,10H2,1H3,(H,32,34)(H,33,35)/t11-,18+,19-/m1/s1. The summed E-state index contributed by atoms with van der Waals surface area (Å²) < 4.78 is 35.4. The Morgan fingerprint density at radius 2 is 1.72 bits per heavy atom. The summed E-state index contributed by atoms with van der Waals surface area (Å²) in [7, 11) is 0. The molecule has 0 heterocycles. The van der Waals surface area contributed by atoms with E-state index in [2.05, 4.69) is 10.6 Å². The number of hydrogen-bond donors (Lipinski definition) is 2. The molecule has 0 saturated heterocycles. The van der Waals surface area contributed by atoms with Gasteiger partial charge in [0.15, 0.2) is 0 Å². The third-order valence-corrected chi connectivity index (χ3v) is 8.27. The van der Waals surface area contributed by atoms with Gasteiger partial charge in [-0.15, -0.1) is 23.2 Å². The second-order valence-electron chi connectivity index (χ2n) is 8.33. The van der Waals surface area contributed by atoms with Crippen molar-refractivity contribution in [2.45, 2.75) is 35.8 Å². The van der Waals surface area contributed by atoms with Crippen molar-refractivity contribution >= 4 is 87.3 Å². The van der Waals surface area contributed by atoms with Gasteiger partial charge in [-0.05, 0) is 48.9 Å². The number of alkyl halides is 5. The van der Waals surface area contributed by atoms with Crippen molar-refractivity contribution in [1.82, 2.24) is 5.32 Å². The number of benzene rings is 2. The van der Waals surface area contributed by atoms with Crippen LogP contribution in [0.5, 0.6) is 0 Å². The Balaban J connectivity index is 1.62. The number of amides is 2. The van der Waals surface area contributed by atoms with Crippen molar-refractivity contribution in [2.24, 2.45) is 5.92 Å². The molecule has 2 N–H and O–H groups in total. The molecule has 2 amide bonds.